The van der Waals surface area contributed by atoms with Gasteiger partial charge >= 0.3 is 0 Å². The first-order valence-electron chi connectivity index (χ1n) is 10.3. The molecule has 0 N–H and O–H groups in total. The first kappa shape index (κ1) is 35.1. The number of hydrogen-bond acceptors (Lipinski definition) is 6. The standard InChI is InChI=1S/C14H11O3.C13H7O3.2CH3.2Y/c1-9(16)14(17)12-4-2-3-11-6-5-10(8-15)7-13(11)12;14-6-7-5-10-8-3-1-2-4-9(8)11(7)13(16)12(10)15;;;;/h2,4,6-8,12H,3H2,1H3;1-4,6,10-11H;2*1H3;;/q4*-1;;. The van der Waals surface area contributed by atoms with Crippen molar-refractivity contribution in [3.63, 3.8) is 0 Å². The molecule has 186 valence electrons. The van der Waals surface area contributed by atoms with Gasteiger partial charge in [0, 0.05) is 78.3 Å². The van der Waals surface area contributed by atoms with E-state index in [1.165, 1.54) is 6.92 Å². The molecule has 0 heterocycles. The van der Waals surface area contributed by atoms with Gasteiger partial charge in [-0.15, -0.1) is 34.9 Å². The fourth-order valence-corrected chi connectivity index (χ4v) is 4.38. The average molecular weight is 646 g/mol. The Morgan fingerprint density at radius 2 is 1.59 bits per heavy atom. The Kier molecular flexibility index (Phi) is 14.2. The first-order valence-corrected chi connectivity index (χ1v) is 10.3. The van der Waals surface area contributed by atoms with Crippen molar-refractivity contribution in [3.05, 3.63) is 109 Å². The predicted octanol–water partition coefficient (Wildman–Crippen LogP) is 3.50. The molecule has 0 spiro atoms. The third-order valence-corrected chi connectivity index (χ3v) is 5.99. The van der Waals surface area contributed by atoms with E-state index in [1.54, 1.807) is 30.3 Å². The molecule has 2 radical (unpaired) electrons. The molecule has 6 rings (SSSR count). The van der Waals surface area contributed by atoms with E-state index in [9.17, 15) is 28.8 Å². The van der Waals surface area contributed by atoms with Crippen molar-refractivity contribution in [2.45, 2.75) is 31.1 Å². The van der Waals surface area contributed by atoms with E-state index in [0.29, 0.717) is 30.1 Å². The second-order valence-electron chi connectivity index (χ2n) is 7.96. The summed E-state index contributed by atoms with van der Waals surface area (Å²) >= 11 is 0. The van der Waals surface area contributed by atoms with Crippen LogP contribution in [-0.4, -0.2) is 35.7 Å². The van der Waals surface area contributed by atoms with Crippen molar-refractivity contribution in [3.8, 4) is 0 Å². The summed E-state index contributed by atoms with van der Waals surface area (Å²) in [5.41, 5.74) is 3.97. The summed E-state index contributed by atoms with van der Waals surface area (Å²) in [5.74, 6) is -3.78. The fourth-order valence-electron chi connectivity index (χ4n) is 4.38. The number of rotatable bonds is 4. The normalized spacial score (nSPS) is 19.4. The van der Waals surface area contributed by atoms with Crippen LogP contribution in [0, 0.1) is 27.0 Å². The molecule has 0 saturated carbocycles. The maximum Gasteiger partial charge on any atom is 0.207 e. The Morgan fingerprint density at radius 1 is 0.946 bits per heavy atom. The SMILES string of the molecule is CC(=O)C(=O)C1C=CCc2c[c-]c(C=O)cc21.O=CC1=[C-]C2C(=O)C(=O)C1c1ccccc12.[CH3-].[CH3-].[Y].[Y]. The van der Waals surface area contributed by atoms with Gasteiger partial charge in [0.25, 0.3) is 0 Å². The molecule has 2 aromatic carbocycles. The van der Waals surface area contributed by atoms with Crippen LogP contribution in [0.2, 0.25) is 0 Å². The van der Waals surface area contributed by atoms with Crippen LogP contribution in [0.25, 0.3) is 0 Å². The minimum absolute atomic E-state index is 0. The van der Waals surface area contributed by atoms with Gasteiger partial charge in [0.15, 0.2) is 11.6 Å². The first-order chi connectivity index (χ1) is 15.9. The van der Waals surface area contributed by atoms with Crippen molar-refractivity contribution in [2.24, 2.45) is 0 Å². The van der Waals surface area contributed by atoms with Crippen molar-refractivity contribution in [1.29, 1.82) is 0 Å². The number of Topliss-reactive ketones (excluding diaryl/α,β-unsaturated/α-hetero) is 4. The predicted molar refractivity (Wildman–Crippen MR) is 130 cm³/mol. The van der Waals surface area contributed by atoms with Crippen LogP contribution in [0.1, 0.15) is 57.3 Å². The van der Waals surface area contributed by atoms with Gasteiger partial charge in [0.05, 0.1) is 12.2 Å². The molecule has 4 aliphatic carbocycles. The molecule has 0 fully saturated rings. The third kappa shape index (κ3) is 6.78. The number of benzene rings is 2. The zero-order valence-corrected chi connectivity index (χ0v) is 26.5. The number of ketones is 4. The number of hydrogen-bond donors (Lipinski definition) is 0. The summed E-state index contributed by atoms with van der Waals surface area (Å²) in [7, 11) is 0. The summed E-state index contributed by atoms with van der Waals surface area (Å²) in [6.45, 7) is 1.26. The number of allylic oxidation sites excluding steroid dienone is 4. The Bertz CT molecular complexity index is 1290. The van der Waals surface area contributed by atoms with E-state index in [4.69, 9.17) is 0 Å². The van der Waals surface area contributed by atoms with E-state index < -0.39 is 40.9 Å². The molecular weight excluding hydrogens is 622 g/mol. The number of aldehydes is 2. The van der Waals surface area contributed by atoms with Gasteiger partial charge in [0.1, 0.15) is 0 Å². The monoisotopic (exact) mass is 646 g/mol. The molecule has 3 unspecified atom stereocenters. The molecule has 2 bridgehead atoms. The number of fused-ring (bicyclic) bond motifs is 2. The molecule has 0 aliphatic heterocycles. The van der Waals surface area contributed by atoms with Crippen molar-refractivity contribution < 1.29 is 94.2 Å². The van der Waals surface area contributed by atoms with Crippen LogP contribution in [0.15, 0.2) is 54.1 Å². The van der Waals surface area contributed by atoms with Gasteiger partial charge in [-0.05, 0) is 29.8 Å². The molecular formula is C29H24O6Y2-4. The van der Waals surface area contributed by atoms with Gasteiger partial charge in [-0.3, -0.25) is 25.3 Å². The maximum absolute atomic E-state index is 11.8. The minimum atomic E-state index is -0.716. The van der Waals surface area contributed by atoms with Crippen LogP contribution in [0.3, 0.4) is 0 Å². The summed E-state index contributed by atoms with van der Waals surface area (Å²) in [4.78, 5) is 67.9. The van der Waals surface area contributed by atoms with E-state index >= 15 is 0 Å². The molecule has 2 aromatic rings. The largest absolute Gasteiger partial charge is 0.410 e. The van der Waals surface area contributed by atoms with E-state index in [-0.39, 0.29) is 80.3 Å². The van der Waals surface area contributed by atoms with Crippen LogP contribution in [0.5, 0.6) is 0 Å². The van der Waals surface area contributed by atoms with Crippen LogP contribution >= 0.6 is 0 Å². The Balaban J connectivity index is 0.000000633. The van der Waals surface area contributed by atoms with E-state index in [2.05, 4.69) is 12.1 Å². The minimum Gasteiger partial charge on any atom is -0.410 e. The number of carbonyl (C=O) groups is 6. The molecule has 3 atom stereocenters. The zero-order chi connectivity index (χ0) is 23.7. The maximum atomic E-state index is 11.8. The summed E-state index contributed by atoms with van der Waals surface area (Å²) < 4.78 is 0. The third-order valence-electron chi connectivity index (χ3n) is 5.99. The van der Waals surface area contributed by atoms with Gasteiger partial charge in [-0.2, -0.15) is 5.57 Å². The average Bonchev–Trinajstić information content (AvgIpc) is 2.85. The molecule has 37 heavy (non-hydrogen) atoms. The smallest absolute Gasteiger partial charge is 0.207 e. The van der Waals surface area contributed by atoms with Crippen LogP contribution in [-0.2, 0) is 95.8 Å². The molecule has 6 nitrogen and oxygen atoms in total. The van der Waals surface area contributed by atoms with Crippen molar-refractivity contribution in [2.75, 3.05) is 0 Å². The quantitative estimate of drug-likeness (QED) is 0.218. The molecule has 0 amide bonds. The molecule has 8 heteroatoms. The Labute approximate surface area is 267 Å². The molecule has 4 aliphatic rings. The summed E-state index contributed by atoms with van der Waals surface area (Å²) in [6, 6.07) is 13.4. The number of carbonyl (C=O) groups excluding carboxylic acids is 6. The molecule has 0 aromatic heterocycles. The van der Waals surface area contributed by atoms with E-state index in [1.807, 2.05) is 18.2 Å². The fraction of sp³-hybridized carbons (Fsp3) is 0.172. The van der Waals surface area contributed by atoms with Crippen molar-refractivity contribution in [1.82, 2.24) is 0 Å². The van der Waals surface area contributed by atoms with Crippen molar-refractivity contribution >= 4 is 35.7 Å². The summed E-state index contributed by atoms with van der Waals surface area (Å²) in [5, 5.41) is 0. The topological polar surface area (TPSA) is 102 Å². The van der Waals surface area contributed by atoms with E-state index in [0.717, 1.165) is 22.3 Å². The van der Waals surface area contributed by atoms with Crippen LogP contribution < -0.4 is 0 Å². The van der Waals surface area contributed by atoms with Gasteiger partial charge in [-0.25, -0.2) is 0 Å². The van der Waals surface area contributed by atoms with Gasteiger partial charge in [0.2, 0.25) is 11.6 Å². The second-order valence-corrected chi connectivity index (χ2v) is 7.96. The zero-order valence-electron chi connectivity index (χ0n) is 20.8. The van der Waals surface area contributed by atoms with Gasteiger partial charge in [-0.1, -0.05) is 36.4 Å². The Morgan fingerprint density at radius 3 is 2.19 bits per heavy atom. The Hall–Kier alpha value is -1.85. The summed E-state index contributed by atoms with van der Waals surface area (Å²) in [6.07, 6.45) is 8.42. The van der Waals surface area contributed by atoms with Crippen LogP contribution in [0.4, 0.5) is 0 Å². The second kappa shape index (κ2) is 14.9. The van der Waals surface area contributed by atoms with Gasteiger partial charge < -0.3 is 24.4 Å². The molecule has 0 saturated heterocycles.